The highest BCUT2D eigenvalue weighted by Crippen LogP contribution is 2.21. The molecular weight excluding hydrogens is 422 g/mol. The lowest BCUT2D eigenvalue weighted by Gasteiger charge is -2.13. The summed E-state index contributed by atoms with van der Waals surface area (Å²) in [7, 11) is 0. The van der Waals surface area contributed by atoms with Gasteiger partial charge in [-0.15, -0.1) is 0 Å². The van der Waals surface area contributed by atoms with E-state index in [4.69, 9.17) is 0 Å². The number of halogens is 3. The number of hydrogen-bond acceptors (Lipinski definition) is 3. The smallest absolute Gasteiger partial charge is 0.337 e. The van der Waals surface area contributed by atoms with Gasteiger partial charge in [0.05, 0.1) is 17.8 Å². The summed E-state index contributed by atoms with van der Waals surface area (Å²) in [6, 6.07) is 9.17. The van der Waals surface area contributed by atoms with E-state index in [0.717, 1.165) is 10.8 Å². The molecule has 0 saturated carbocycles. The fraction of sp³-hybridized carbons (Fsp3) is 0.105. The minimum absolute atomic E-state index is 0.0796. The third-order valence-electron chi connectivity index (χ3n) is 3.99. The highest BCUT2D eigenvalue weighted by atomic mass is 79.9. The Hall–Kier alpha value is -2.87. The van der Waals surface area contributed by atoms with E-state index in [1.807, 2.05) is 0 Å². The van der Waals surface area contributed by atoms with Crippen LogP contribution in [0.4, 0.5) is 8.78 Å². The summed E-state index contributed by atoms with van der Waals surface area (Å²) in [4.78, 5) is 28.0. The summed E-state index contributed by atoms with van der Waals surface area (Å²) in [6.07, 6.45) is 2.22. The second-order valence-electron chi connectivity index (χ2n) is 5.81. The average Bonchev–Trinajstić information content (AvgIpc) is 2.63. The zero-order valence-electron chi connectivity index (χ0n) is 13.8. The summed E-state index contributed by atoms with van der Waals surface area (Å²) in [5.41, 5.74) is -1.18. The first kappa shape index (κ1) is 18.9. The van der Waals surface area contributed by atoms with Gasteiger partial charge in [0.25, 0.3) is 5.56 Å². The second-order valence-corrected chi connectivity index (χ2v) is 6.72. The third-order valence-corrected chi connectivity index (χ3v) is 4.49. The molecule has 0 amide bonds. The van der Waals surface area contributed by atoms with Gasteiger partial charge in [-0.05, 0) is 29.8 Å². The molecule has 27 heavy (non-hydrogen) atoms. The normalized spacial score (nSPS) is 10.8. The molecular formula is C19H13BrF2N2O3. The molecule has 1 N–H and O–H groups in total. The summed E-state index contributed by atoms with van der Waals surface area (Å²) in [5.74, 6) is -3.25. The van der Waals surface area contributed by atoms with Crippen LogP contribution in [0.2, 0.25) is 0 Å². The van der Waals surface area contributed by atoms with E-state index in [1.54, 1.807) is 24.3 Å². The zero-order valence-corrected chi connectivity index (χ0v) is 15.4. The predicted octanol–water partition coefficient (Wildman–Crippen LogP) is 3.62. The van der Waals surface area contributed by atoms with Crippen molar-refractivity contribution in [1.82, 2.24) is 9.55 Å². The van der Waals surface area contributed by atoms with E-state index >= 15 is 0 Å². The van der Waals surface area contributed by atoms with Crippen molar-refractivity contribution in [3.8, 4) is 0 Å². The first-order valence-corrected chi connectivity index (χ1v) is 8.65. The molecule has 0 aliphatic heterocycles. The molecule has 0 spiro atoms. The Balaban J connectivity index is 2.07. The van der Waals surface area contributed by atoms with E-state index in [-0.39, 0.29) is 24.1 Å². The van der Waals surface area contributed by atoms with Crippen molar-refractivity contribution >= 4 is 21.9 Å². The fourth-order valence-electron chi connectivity index (χ4n) is 2.66. The summed E-state index contributed by atoms with van der Waals surface area (Å²) in [6.45, 7) is -0.0796. The van der Waals surface area contributed by atoms with Gasteiger partial charge in [0.2, 0.25) is 0 Å². The molecule has 2 aromatic heterocycles. The number of aromatic nitrogens is 2. The first-order chi connectivity index (χ1) is 12.9. The quantitative estimate of drug-likeness (QED) is 0.665. The van der Waals surface area contributed by atoms with E-state index < -0.39 is 28.7 Å². The van der Waals surface area contributed by atoms with Crippen LogP contribution in [0.5, 0.6) is 0 Å². The zero-order chi connectivity index (χ0) is 19.6. The van der Waals surface area contributed by atoms with Gasteiger partial charge in [-0.3, -0.25) is 9.78 Å². The molecule has 0 aliphatic rings. The number of carboxylic acid groups (broad SMARTS) is 1. The molecule has 5 nitrogen and oxygen atoms in total. The number of carboxylic acids is 1. The second kappa shape index (κ2) is 7.79. The maximum atomic E-state index is 14.7. The topological polar surface area (TPSA) is 72.2 Å². The molecule has 138 valence electrons. The largest absolute Gasteiger partial charge is 0.478 e. The average molecular weight is 435 g/mol. The number of hydrogen-bond donors (Lipinski definition) is 1. The van der Waals surface area contributed by atoms with E-state index in [1.165, 1.54) is 18.3 Å². The van der Waals surface area contributed by atoms with E-state index in [9.17, 15) is 23.5 Å². The van der Waals surface area contributed by atoms with Gasteiger partial charge in [-0.25, -0.2) is 13.6 Å². The molecule has 1 aromatic carbocycles. The van der Waals surface area contributed by atoms with Crippen LogP contribution in [0.25, 0.3) is 0 Å². The van der Waals surface area contributed by atoms with Crippen LogP contribution in [0.1, 0.15) is 27.2 Å². The van der Waals surface area contributed by atoms with Crippen molar-refractivity contribution in [2.45, 2.75) is 13.0 Å². The summed E-state index contributed by atoms with van der Waals surface area (Å²) >= 11 is 3.12. The molecule has 0 bridgehead atoms. The summed E-state index contributed by atoms with van der Waals surface area (Å²) < 4.78 is 30.3. The molecule has 8 heteroatoms. The molecule has 0 unspecified atom stereocenters. The first-order valence-electron chi connectivity index (χ1n) is 7.85. The van der Waals surface area contributed by atoms with Gasteiger partial charge in [0.15, 0.2) is 5.82 Å². The minimum atomic E-state index is -1.41. The van der Waals surface area contributed by atoms with Crippen molar-refractivity contribution in [3.05, 3.63) is 97.6 Å². The highest BCUT2D eigenvalue weighted by Gasteiger charge is 2.21. The van der Waals surface area contributed by atoms with Gasteiger partial charge in [-0.1, -0.05) is 28.1 Å². The lowest BCUT2D eigenvalue weighted by atomic mass is 10.0. The molecule has 0 saturated heterocycles. The number of nitrogens with zero attached hydrogens (tertiary/aromatic N) is 2. The van der Waals surface area contributed by atoms with Crippen molar-refractivity contribution in [2.24, 2.45) is 0 Å². The van der Waals surface area contributed by atoms with Crippen molar-refractivity contribution in [3.63, 3.8) is 0 Å². The Morgan fingerprint density at radius 2 is 2.00 bits per heavy atom. The van der Waals surface area contributed by atoms with Gasteiger partial charge >= 0.3 is 5.97 Å². The molecule has 3 rings (SSSR count). The Labute approximate surface area is 161 Å². The monoisotopic (exact) mass is 434 g/mol. The van der Waals surface area contributed by atoms with Crippen LogP contribution in [-0.2, 0) is 13.0 Å². The Morgan fingerprint density at radius 1 is 1.22 bits per heavy atom. The van der Waals surface area contributed by atoms with Crippen molar-refractivity contribution < 1.29 is 18.7 Å². The third kappa shape index (κ3) is 4.11. The molecule has 0 aliphatic carbocycles. The maximum Gasteiger partial charge on any atom is 0.337 e. The molecule has 2 heterocycles. The Kier molecular flexibility index (Phi) is 5.46. The van der Waals surface area contributed by atoms with Gasteiger partial charge in [-0.2, -0.15) is 0 Å². The van der Waals surface area contributed by atoms with Crippen LogP contribution in [0.15, 0.2) is 58.1 Å². The van der Waals surface area contributed by atoms with Crippen LogP contribution in [0, 0.1) is 11.6 Å². The van der Waals surface area contributed by atoms with E-state index in [2.05, 4.69) is 20.9 Å². The summed E-state index contributed by atoms with van der Waals surface area (Å²) in [5, 5.41) is 9.46. The van der Waals surface area contributed by atoms with Gasteiger partial charge < -0.3 is 9.67 Å². The molecule has 0 radical (unpaired) electrons. The molecule has 0 atom stereocenters. The SMILES string of the molecule is O=C(O)c1cn(Cc2ccccn2)c(=O)c(F)c1Cc1ccc(Br)cc1F. The lowest BCUT2D eigenvalue weighted by Crippen LogP contribution is -2.28. The van der Waals surface area contributed by atoms with Crippen LogP contribution in [0.3, 0.4) is 0 Å². The highest BCUT2D eigenvalue weighted by molar-refractivity contribution is 9.10. The Morgan fingerprint density at radius 3 is 2.63 bits per heavy atom. The van der Waals surface area contributed by atoms with Crippen molar-refractivity contribution in [1.29, 1.82) is 0 Å². The number of pyridine rings is 2. The van der Waals surface area contributed by atoms with Gasteiger partial charge in [0.1, 0.15) is 5.82 Å². The predicted molar refractivity (Wildman–Crippen MR) is 97.9 cm³/mol. The standard InChI is InChI=1S/C19H13BrF2N2O3/c20-12-5-4-11(16(21)8-12)7-14-15(19(26)27)10-24(18(25)17(14)22)9-13-3-1-2-6-23-13/h1-6,8,10H,7,9H2,(H,26,27). The van der Waals surface area contributed by atoms with Crippen LogP contribution in [-0.4, -0.2) is 20.6 Å². The lowest BCUT2D eigenvalue weighted by molar-refractivity contribution is 0.0694. The maximum absolute atomic E-state index is 14.7. The van der Waals surface area contributed by atoms with Gasteiger partial charge in [0, 0.05) is 28.9 Å². The Bertz CT molecular complexity index is 1070. The number of aromatic carboxylic acids is 1. The number of carbonyl (C=O) groups is 1. The fourth-order valence-corrected chi connectivity index (χ4v) is 3.00. The minimum Gasteiger partial charge on any atom is -0.478 e. The molecule has 3 aromatic rings. The number of benzene rings is 1. The van der Waals surface area contributed by atoms with Crippen LogP contribution < -0.4 is 5.56 Å². The van der Waals surface area contributed by atoms with Crippen LogP contribution >= 0.6 is 15.9 Å². The van der Waals surface area contributed by atoms with E-state index in [0.29, 0.717) is 10.2 Å². The molecule has 0 fully saturated rings. The number of rotatable bonds is 5. The van der Waals surface area contributed by atoms with Crippen molar-refractivity contribution in [2.75, 3.05) is 0 Å².